The third-order valence-corrected chi connectivity index (χ3v) is 6.55. The van der Waals surface area contributed by atoms with E-state index >= 15 is 0 Å². The van der Waals surface area contributed by atoms with E-state index in [2.05, 4.69) is 5.10 Å². The van der Waals surface area contributed by atoms with Crippen LogP contribution in [0.4, 0.5) is 13.2 Å². The van der Waals surface area contributed by atoms with E-state index in [1.54, 1.807) is 0 Å². The van der Waals surface area contributed by atoms with E-state index in [4.69, 9.17) is 23.2 Å². The molecule has 0 atom stereocenters. The average molecular weight is 511 g/mol. The summed E-state index contributed by atoms with van der Waals surface area (Å²) in [5.74, 6) is 0. The van der Waals surface area contributed by atoms with Crippen LogP contribution in [0.2, 0.25) is 10.0 Å². The average Bonchev–Trinajstić information content (AvgIpc) is 3.15. The van der Waals surface area contributed by atoms with Gasteiger partial charge in [-0.25, -0.2) is 13.1 Å². The number of sulfone groups is 1. The van der Waals surface area contributed by atoms with Crippen LogP contribution in [0.15, 0.2) is 77.7 Å². The van der Waals surface area contributed by atoms with Crippen LogP contribution in [-0.2, 0) is 16.0 Å². The number of alkyl halides is 3. The van der Waals surface area contributed by atoms with Gasteiger partial charge in [0.15, 0.2) is 9.84 Å². The monoisotopic (exact) mass is 510 g/mol. The summed E-state index contributed by atoms with van der Waals surface area (Å²) in [5.41, 5.74) is -0.676. The van der Waals surface area contributed by atoms with E-state index in [1.165, 1.54) is 72.8 Å². The van der Waals surface area contributed by atoms with Crippen LogP contribution in [0.3, 0.4) is 0 Å². The van der Waals surface area contributed by atoms with Crippen molar-refractivity contribution in [1.29, 1.82) is 0 Å². The molecule has 0 N–H and O–H groups in total. The molecule has 0 unspecified atom stereocenters. The molecule has 0 saturated carbocycles. The summed E-state index contributed by atoms with van der Waals surface area (Å²) in [7, 11) is -3.48. The van der Waals surface area contributed by atoms with Gasteiger partial charge in [0.2, 0.25) is 0 Å². The molecule has 0 fully saturated rings. The maximum atomic E-state index is 14.4. The van der Waals surface area contributed by atoms with E-state index in [9.17, 15) is 21.6 Å². The van der Waals surface area contributed by atoms with E-state index in [-0.39, 0.29) is 33.1 Å². The highest BCUT2D eigenvalue weighted by molar-refractivity contribution is 7.90. The number of nitrogens with zero attached hydrogens (tertiary/aromatic N) is 2. The second-order valence-corrected chi connectivity index (χ2v) is 10.2. The molecule has 33 heavy (non-hydrogen) atoms. The predicted octanol–water partition coefficient (Wildman–Crippen LogP) is 6.94. The Morgan fingerprint density at radius 2 is 1.27 bits per heavy atom. The number of hydrogen-bond donors (Lipinski definition) is 0. The van der Waals surface area contributed by atoms with E-state index in [1.807, 2.05) is 0 Å². The molecule has 4 nitrogen and oxygen atoms in total. The first kappa shape index (κ1) is 23.4. The Kier molecular flexibility index (Phi) is 6.03. The van der Waals surface area contributed by atoms with Crippen LogP contribution >= 0.6 is 23.2 Å². The van der Waals surface area contributed by atoms with Crippen molar-refractivity contribution in [2.45, 2.75) is 11.1 Å². The van der Waals surface area contributed by atoms with E-state index < -0.39 is 21.6 Å². The predicted molar refractivity (Wildman–Crippen MR) is 123 cm³/mol. The molecule has 0 aliphatic rings. The zero-order valence-corrected chi connectivity index (χ0v) is 19.3. The summed E-state index contributed by atoms with van der Waals surface area (Å²) in [5, 5.41) is 5.05. The lowest BCUT2D eigenvalue weighted by molar-refractivity contribution is -0.136. The zero-order valence-electron chi connectivity index (χ0n) is 16.9. The molecular weight excluding hydrogens is 496 g/mol. The molecule has 3 aromatic carbocycles. The number of hydrogen-bond acceptors (Lipinski definition) is 3. The maximum Gasteiger partial charge on any atom is 0.420 e. The first-order chi connectivity index (χ1) is 15.4. The molecular formula is C23H15Cl2F3N2O2S. The van der Waals surface area contributed by atoms with Gasteiger partial charge in [0, 0.05) is 27.4 Å². The van der Waals surface area contributed by atoms with Gasteiger partial charge < -0.3 is 0 Å². The lowest BCUT2D eigenvalue weighted by Crippen LogP contribution is -2.09. The van der Waals surface area contributed by atoms with Gasteiger partial charge in [0.25, 0.3) is 0 Å². The Morgan fingerprint density at radius 1 is 0.788 bits per heavy atom. The molecule has 0 spiro atoms. The number of benzene rings is 3. The minimum atomic E-state index is -4.74. The van der Waals surface area contributed by atoms with Crippen LogP contribution < -0.4 is 0 Å². The Bertz CT molecular complexity index is 1410. The van der Waals surface area contributed by atoms with Crippen molar-refractivity contribution in [1.82, 2.24) is 9.78 Å². The van der Waals surface area contributed by atoms with Crippen molar-refractivity contribution >= 4 is 33.0 Å². The topological polar surface area (TPSA) is 52.0 Å². The number of aromatic nitrogens is 2. The van der Waals surface area contributed by atoms with Gasteiger partial charge >= 0.3 is 6.18 Å². The molecule has 4 aromatic rings. The van der Waals surface area contributed by atoms with E-state index in [0.29, 0.717) is 10.0 Å². The fourth-order valence-electron chi connectivity index (χ4n) is 3.39. The largest absolute Gasteiger partial charge is 0.420 e. The second kappa shape index (κ2) is 8.52. The molecule has 0 aliphatic heterocycles. The standard InChI is InChI=1S/C23H15Cl2F3N2O2S/c1-33(31,32)19-12-10-18(11-13-19)30-22(15-4-8-17(25)9-5-15)20(23(26,27)28)21(29-30)14-2-6-16(24)7-3-14/h2-13H,1H3. The quantitative estimate of drug-likeness (QED) is 0.299. The molecule has 0 radical (unpaired) electrons. The lowest BCUT2D eigenvalue weighted by atomic mass is 10.0. The highest BCUT2D eigenvalue weighted by Crippen LogP contribution is 2.44. The van der Waals surface area contributed by atoms with Crippen LogP contribution in [-0.4, -0.2) is 24.5 Å². The second-order valence-electron chi connectivity index (χ2n) is 7.26. The normalized spacial score (nSPS) is 12.2. The minimum Gasteiger partial charge on any atom is -0.232 e. The summed E-state index contributed by atoms with van der Waals surface area (Å²) in [6, 6.07) is 17.3. The fraction of sp³-hybridized carbons (Fsp3) is 0.0870. The van der Waals surface area contributed by atoms with Crippen LogP contribution in [0.5, 0.6) is 0 Å². The van der Waals surface area contributed by atoms with Gasteiger partial charge in [-0.2, -0.15) is 18.3 Å². The van der Waals surface area contributed by atoms with Gasteiger partial charge in [-0.1, -0.05) is 47.5 Å². The van der Waals surface area contributed by atoms with Crippen molar-refractivity contribution in [2.75, 3.05) is 6.26 Å². The SMILES string of the molecule is CS(=O)(=O)c1ccc(-n2nc(-c3ccc(Cl)cc3)c(C(F)(F)F)c2-c2ccc(Cl)cc2)cc1. The Labute approximate surface area is 198 Å². The van der Waals surface area contributed by atoms with Crippen LogP contribution in [0, 0.1) is 0 Å². The molecule has 10 heteroatoms. The Balaban J connectivity index is 2.04. The van der Waals surface area contributed by atoms with Crippen molar-refractivity contribution < 1.29 is 21.6 Å². The molecule has 0 amide bonds. The first-order valence-electron chi connectivity index (χ1n) is 9.48. The maximum absolute atomic E-state index is 14.4. The van der Waals surface area contributed by atoms with Crippen LogP contribution in [0.1, 0.15) is 5.56 Å². The lowest BCUT2D eigenvalue weighted by Gasteiger charge is -2.13. The molecule has 170 valence electrons. The summed E-state index contributed by atoms with van der Waals surface area (Å²) < 4.78 is 68.0. The van der Waals surface area contributed by atoms with Gasteiger partial charge in [-0.3, -0.25) is 0 Å². The van der Waals surface area contributed by atoms with Crippen LogP contribution in [0.25, 0.3) is 28.2 Å². The van der Waals surface area contributed by atoms with Gasteiger partial charge in [0.05, 0.1) is 16.3 Å². The van der Waals surface area contributed by atoms with Crippen molar-refractivity contribution in [3.63, 3.8) is 0 Å². The van der Waals surface area contributed by atoms with Gasteiger partial charge in [0.1, 0.15) is 11.3 Å². The summed E-state index contributed by atoms with van der Waals surface area (Å²) in [6.07, 6.45) is -3.69. The molecule has 0 bridgehead atoms. The molecule has 1 aromatic heterocycles. The molecule has 0 saturated heterocycles. The smallest absolute Gasteiger partial charge is 0.232 e. The minimum absolute atomic E-state index is 0.0421. The fourth-order valence-corrected chi connectivity index (χ4v) is 4.27. The number of halogens is 5. The third kappa shape index (κ3) is 4.78. The van der Waals surface area contributed by atoms with Gasteiger partial charge in [-0.05, 0) is 48.5 Å². The Morgan fingerprint density at radius 3 is 1.73 bits per heavy atom. The van der Waals surface area contributed by atoms with Gasteiger partial charge in [-0.15, -0.1) is 0 Å². The highest BCUT2D eigenvalue weighted by Gasteiger charge is 2.41. The summed E-state index contributed by atoms with van der Waals surface area (Å²) in [4.78, 5) is 0.0421. The molecule has 1 heterocycles. The highest BCUT2D eigenvalue weighted by atomic mass is 35.5. The molecule has 4 rings (SSSR count). The van der Waals surface area contributed by atoms with Crippen molar-refractivity contribution in [2.24, 2.45) is 0 Å². The van der Waals surface area contributed by atoms with Crippen molar-refractivity contribution in [3.05, 3.63) is 88.4 Å². The Hall–Kier alpha value is -2.81. The molecule has 0 aliphatic carbocycles. The number of rotatable bonds is 4. The van der Waals surface area contributed by atoms with Crippen molar-refractivity contribution in [3.8, 4) is 28.2 Å². The zero-order chi connectivity index (χ0) is 24.0. The van der Waals surface area contributed by atoms with E-state index in [0.717, 1.165) is 10.9 Å². The summed E-state index contributed by atoms with van der Waals surface area (Å²) >= 11 is 11.9. The first-order valence-corrected chi connectivity index (χ1v) is 12.1. The summed E-state index contributed by atoms with van der Waals surface area (Å²) in [6.45, 7) is 0. The third-order valence-electron chi connectivity index (χ3n) is 4.91.